The first-order chi connectivity index (χ1) is 12.1. The van der Waals surface area contributed by atoms with Gasteiger partial charge in [0.1, 0.15) is 16.5 Å². The minimum absolute atomic E-state index is 0.112. The van der Waals surface area contributed by atoms with Gasteiger partial charge in [-0.3, -0.25) is 4.79 Å². The number of nitrogens with zero attached hydrogens (tertiary/aromatic N) is 1. The maximum atomic E-state index is 11.3. The number of methoxy groups -OCH3 is 2. The lowest BCUT2D eigenvalue weighted by molar-refractivity contribution is -0.135. The Morgan fingerprint density at radius 3 is 2.44 bits per heavy atom. The molecule has 1 heterocycles. The van der Waals surface area contributed by atoms with Gasteiger partial charge in [-0.25, -0.2) is 4.98 Å². The highest BCUT2D eigenvalue weighted by molar-refractivity contribution is 7.19. The quantitative estimate of drug-likeness (QED) is 0.713. The Bertz CT molecular complexity index is 890. The average Bonchev–Trinajstić information content (AvgIpc) is 3.04. The number of fused-ring (bicyclic) bond motifs is 1. The van der Waals surface area contributed by atoms with Gasteiger partial charge in [-0.05, 0) is 41.5 Å². The summed E-state index contributed by atoms with van der Waals surface area (Å²) in [4.78, 5) is 15.9. The van der Waals surface area contributed by atoms with Crippen LogP contribution in [0.1, 0.15) is 17.0 Å². The third-order valence-corrected chi connectivity index (χ3v) is 4.74. The van der Waals surface area contributed by atoms with Crippen molar-refractivity contribution in [2.24, 2.45) is 0 Å². The Labute approximate surface area is 149 Å². The highest BCUT2D eigenvalue weighted by Gasteiger charge is 2.13. The van der Waals surface area contributed by atoms with E-state index in [1.807, 2.05) is 42.5 Å². The standard InChI is InChI=1S/C19H17NO4S/c1-23-14-8-12(9-15(11-14)24-2)7-13(10-18(21)22)19-20-16-5-3-4-6-17(16)25-19/h3-9,11H,10H2,1-2H3,(H,21,22)/b13-7+. The molecule has 0 spiro atoms. The van der Waals surface area contributed by atoms with E-state index in [0.29, 0.717) is 22.1 Å². The molecule has 6 heteroatoms. The number of para-hydroxylation sites is 1. The number of aromatic nitrogens is 1. The van der Waals surface area contributed by atoms with Gasteiger partial charge < -0.3 is 14.6 Å². The smallest absolute Gasteiger partial charge is 0.307 e. The van der Waals surface area contributed by atoms with E-state index in [1.54, 1.807) is 20.3 Å². The average molecular weight is 355 g/mol. The van der Waals surface area contributed by atoms with Gasteiger partial charge >= 0.3 is 5.97 Å². The molecule has 0 aliphatic heterocycles. The lowest BCUT2D eigenvalue weighted by atomic mass is 10.1. The van der Waals surface area contributed by atoms with E-state index < -0.39 is 5.97 Å². The summed E-state index contributed by atoms with van der Waals surface area (Å²) in [6, 6.07) is 13.2. The fraction of sp³-hybridized carbons (Fsp3) is 0.158. The zero-order valence-electron chi connectivity index (χ0n) is 13.9. The monoisotopic (exact) mass is 355 g/mol. The second kappa shape index (κ2) is 7.36. The van der Waals surface area contributed by atoms with Crippen LogP contribution < -0.4 is 9.47 Å². The fourth-order valence-corrected chi connectivity index (χ4v) is 3.45. The Hall–Kier alpha value is -2.86. The number of ether oxygens (including phenoxy) is 2. The Balaban J connectivity index is 2.09. The number of rotatable bonds is 6. The number of benzene rings is 2. The number of carboxylic acids is 1. The molecule has 128 valence electrons. The van der Waals surface area contributed by atoms with Gasteiger partial charge in [0.15, 0.2) is 0 Å². The van der Waals surface area contributed by atoms with Crippen LogP contribution in [0.5, 0.6) is 11.5 Å². The number of thiazole rings is 1. The first-order valence-electron chi connectivity index (χ1n) is 7.60. The van der Waals surface area contributed by atoms with Crippen molar-refractivity contribution in [3.05, 3.63) is 53.0 Å². The third kappa shape index (κ3) is 3.97. The second-order valence-electron chi connectivity index (χ2n) is 5.37. The molecule has 1 aromatic heterocycles. The van der Waals surface area contributed by atoms with Crippen LogP contribution in [0.3, 0.4) is 0 Å². The zero-order chi connectivity index (χ0) is 17.8. The van der Waals surface area contributed by atoms with Crippen LogP contribution in [-0.2, 0) is 4.79 Å². The predicted octanol–water partition coefficient (Wildman–Crippen LogP) is 4.33. The number of hydrogen-bond donors (Lipinski definition) is 1. The highest BCUT2D eigenvalue weighted by Crippen LogP contribution is 2.32. The van der Waals surface area contributed by atoms with Gasteiger partial charge in [-0.1, -0.05) is 12.1 Å². The molecule has 0 aliphatic carbocycles. The minimum Gasteiger partial charge on any atom is -0.497 e. The number of aliphatic carboxylic acids is 1. The summed E-state index contributed by atoms with van der Waals surface area (Å²) >= 11 is 1.48. The van der Waals surface area contributed by atoms with Crippen molar-refractivity contribution in [1.82, 2.24) is 4.98 Å². The molecule has 3 aromatic rings. The topological polar surface area (TPSA) is 68.7 Å². The third-order valence-electron chi connectivity index (χ3n) is 3.62. The lowest BCUT2D eigenvalue weighted by Gasteiger charge is -2.07. The van der Waals surface area contributed by atoms with Crippen LogP contribution in [-0.4, -0.2) is 30.3 Å². The summed E-state index contributed by atoms with van der Waals surface area (Å²) < 4.78 is 11.6. The summed E-state index contributed by atoms with van der Waals surface area (Å²) in [6.45, 7) is 0. The lowest BCUT2D eigenvalue weighted by Crippen LogP contribution is -1.97. The van der Waals surface area contributed by atoms with Crippen LogP contribution in [0.25, 0.3) is 21.9 Å². The summed E-state index contributed by atoms with van der Waals surface area (Å²) in [7, 11) is 3.15. The molecular weight excluding hydrogens is 338 g/mol. The number of hydrogen-bond acceptors (Lipinski definition) is 5. The zero-order valence-corrected chi connectivity index (χ0v) is 14.7. The Morgan fingerprint density at radius 1 is 1.16 bits per heavy atom. The molecule has 0 aliphatic rings. The summed E-state index contributed by atoms with van der Waals surface area (Å²) in [5, 5.41) is 9.99. The van der Waals surface area contributed by atoms with Gasteiger partial charge in [0.25, 0.3) is 0 Å². The van der Waals surface area contributed by atoms with Gasteiger partial charge in [0, 0.05) is 6.07 Å². The van der Waals surface area contributed by atoms with E-state index in [2.05, 4.69) is 4.98 Å². The van der Waals surface area contributed by atoms with Crippen molar-refractivity contribution in [3.8, 4) is 11.5 Å². The van der Waals surface area contributed by atoms with E-state index in [9.17, 15) is 9.90 Å². The first-order valence-corrected chi connectivity index (χ1v) is 8.42. The predicted molar refractivity (Wildman–Crippen MR) is 99.3 cm³/mol. The van der Waals surface area contributed by atoms with Crippen molar-refractivity contribution >= 4 is 39.2 Å². The molecule has 25 heavy (non-hydrogen) atoms. The molecule has 0 amide bonds. The molecule has 0 radical (unpaired) electrons. The second-order valence-corrected chi connectivity index (χ2v) is 6.40. The molecule has 3 rings (SSSR count). The molecule has 0 atom stereocenters. The van der Waals surface area contributed by atoms with Crippen molar-refractivity contribution in [3.63, 3.8) is 0 Å². The molecule has 5 nitrogen and oxygen atoms in total. The maximum absolute atomic E-state index is 11.3. The van der Waals surface area contributed by atoms with Crippen molar-refractivity contribution < 1.29 is 19.4 Å². The molecule has 0 saturated carbocycles. The van der Waals surface area contributed by atoms with E-state index >= 15 is 0 Å². The Kier molecular flexibility index (Phi) is 5.00. The number of carboxylic acid groups (broad SMARTS) is 1. The van der Waals surface area contributed by atoms with Gasteiger partial charge in [-0.2, -0.15) is 0 Å². The SMILES string of the molecule is COc1cc(/C=C(\CC(=O)O)c2nc3ccccc3s2)cc(OC)c1. The van der Waals surface area contributed by atoms with Crippen molar-refractivity contribution in [2.45, 2.75) is 6.42 Å². The summed E-state index contributed by atoms with van der Waals surface area (Å²) in [5.74, 6) is 0.384. The Morgan fingerprint density at radius 2 is 1.84 bits per heavy atom. The summed E-state index contributed by atoms with van der Waals surface area (Å²) in [5.41, 5.74) is 2.30. The molecule has 0 bridgehead atoms. The first kappa shape index (κ1) is 17.0. The van der Waals surface area contributed by atoms with Crippen LogP contribution in [0, 0.1) is 0 Å². The number of carbonyl (C=O) groups is 1. The minimum atomic E-state index is -0.902. The largest absolute Gasteiger partial charge is 0.497 e. The molecule has 0 unspecified atom stereocenters. The maximum Gasteiger partial charge on any atom is 0.307 e. The van der Waals surface area contributed by atoms with Crippen molar-refractivity contribution in [1.29, 1.82) is 0 Å². The van der Waals surface area contributed by atoms with E-state index in [0.717, 1.165) is 15.8 Å². The summed E-state index contributed by atoms with van der Waals surface area (Å²) in [6.07, 6.45) is 1.70. The highest BCUT2D eigenvalue weighted by atomic mass is 32.1. The van der Waals surface area contributed by atoms with E-state index in [4.69, 9.17) is 9.47 Å². The van der Waals surface area contributed by atoms with Gasteiger partial charge in [0.05, 0.1) is 30.9 Å². The van der Waals surface area contributed by atoms with E-state index in [1.165, 1.54) is 11.3 Å². The molecular formula is C19H17NO4S. The molecule has 1 N–H and O–H groups in total. The van der Waals surface area contributed by atoms with Crippen LogP contribution >= 0.6 is 11.3 Å². The van der Waals surface area contributed by atoms with Gasteiger partial charge in [-0.15, -0.1) is 11.3 Å². The van der Waals surface area contributed by atoms with Gasteiger partial charge in [0.2, 0.25) is 0 Å². The molecule has 0 saturated heterocycles. The van der Waals surface area contributed by atoms with E-state index in [-0.39, 0.29) is 6.42 Å². The molecule has 2 aromatic carbocycles. The van der Waals surface area contributed by atoms with Crippen molar-refractivity contribution in [2.75, 3.05) is 14.2 Å². The van der Waals surface area contributed by atoms with Crippen LogP contribution in [0.15, 0.2) is 42.5 Å². The fourth-order valence-electron chi connectivity index (χ4n) is 2.47. The van der Waals surface area contributed by atoms with Crippen LogP contribution in [0.4, 0.5) is 0 Å². The van der Waals surface area contributed by atoms with Crippen LogP contribution in [0.2, 0.25) is 0 Å². The normalized spacial score (nSPS) is 11.5. The molecule has 0 fully saturated rings.